The molecule has 1 aliphatic heterocycles. The highest BCUT2D eigenvalue weighted by Gasteiger charge is 2.32. The van der Waals surface area contributed by atoms with E-state index < -0.39 is 10.0 Å². The second-order valence-electron chi connectivity index (χ2n) is 6.94. The molecule has 0 unspecified atom stereocenters. The van der Waals surface area contributed by atoms with Crippen LogP contribution in [0.4, 0.5) is 5.82 Å². The number of anilines is 1. The highest BCUT2D eigenvalue weighted by atomic mass is 32.2. The molecule has 8 nitrogen and oxygen atoms in total. The smallest absolute Gasteiger partial charge is 0.307 e. The third kappa shape index (κ3) is 3.83. The predicted octanol–water partition coefficient (Wildman–Crippen LogP) is 2.03. The first kappa shape index (κ1) is 19.7. The van der Waals surface area contributed by atoms with Gasteiger partial charge in [-0.05, 0) is 43.2 Å². The molecule has 3 aromatic rings. The number of fused-ring (bicyclic) bond motifs is 1. The zero-order chi connectivity index (χ0) is 20.6. The maximum Gasteiger partial charge on any atom is 0.307 e. The molecule has 0 spiro atoms. The van der Waals surface area contributed by atoms with Gasteiger partial charge in [0.15, 0.2) is 0 Å². The van der Waals surface area contributed by atoms with Crippen LogP contribution in [-0.2, 0) is 21.9 Å². The van der Waals surface area contributed by atoms with Crippen molar-refractivity contribution >= 4 is 43.3 Å². The summed E-state index contributed by atoms with van der Waals surface area (Å²) < 4.78 is 29.6. The van der Waals surface area contributed by atoms with Crippen LogP contribution >= 0.6 is 11.3 Å². The number of carbonyl (C=O) groups is 1. The molecule has 2 aromatic heterocycles. The van der Waals surface area contributed by atoms with Crippen LogP contribution in [0.2, 0.25) is 0 Å². The van der Waals surface area contributed by atoms with E-state index in [-0.39, 0.29) is 34.7 Å². The zero-order valence-corrected chi connectivity index (χ0v) is 17.4. The second-order valence-corrected chi connectivity index (χ2v) is 9.87. The summed E-state index contributed by atoms with van der Waals surface area (Å²) in [4.78, 5) is 28.4. The van der Waals surface area contributed by atoms with E-state index in [0.717, 1.165) is 11.3 Å². The number of nitrogens with one attached hydrogen (secondary N) is 1. The number of thiazole rings is 1. The summed E-state index contributed by atoms with van der Waals surface area (Å²) in [6, 6.07) is 10.0. The van der Waals surface area contributed by atoms with Gasteiger partial charge in [0.1, 0.15) is 5.82 Å². The Kier molecular flexibility index (Phi) is 5.24. The average Bonchev–Trinajstić information content (AvgIpc) is 3.02. The van der Waals surface area contributed by atoms with Crippen LogP contribution in [0, 0.1) is 5.92 Å². The Labute approximate surface area is 171 Å². The van der Waals surface area contributed by atoms with Gasteiger partial charge in [-0.1, -0.05) is 17.4 Å². The fourth-order valence-corrected chi connectivity index (χ4v) is 5.94. The van der Waals surface area contributed by atoms with E-state index in [1.165, 1.54) is 14.9 Å². The lowest BCUT2D eigenvalue weighted by atomic mass is 9.97. The predicted molar refractivity (Wildman–Crippen MR) is 111 cm³/mol. The van der Waals surface area contributed by atoms with Crippen LogP contribution < -0.4 is 10.2 Å². The van der Waals surface area contributed by atoms with E-state index in [1.807, 2.05) is 0 Å². The first-order valence-electron chi connectivity index (χ1n) is 9.18. The summed E-state index contributed by atoms with van der Waals surface area (Å²) in [5, 5.41) is 2.78. The van der Waals surface area contributed by atoms with Crippen LogP contribution in [0.5, 0.6) is 0 Å². The topological polar surface area (TPSA) is 101 Å². The molecule has 0 radical (unpaired) electrons. The van der Waals surface area contributed by atoms with Crippen molar-refractivity contribution in [2.75, 3.05) is 18.4 Å². The van der Waals surface area contributed by atoms with Crippen molar-refractivity contribution in [3.63, 3.8) is 0 Å². The SMILES string of the molecule is Cn1c(=O)sc2cc(S(=O)(=O)N3CCC(C(=O)Nc4ccccn4)CC3)ccc21. The van der Waals surface area contributed by atoms with Crippen molar-refractivity contribution < 1.29 is 13.2 Å². The molecule has 0 atom stereocenters. The van der Waals surface area contributed by atoms with Crippen LogP contribution in [0.25, 0.3) is 10.2 Å². The Morgan fingerprint density at radius 3 is 2.66 bits per heavy atom. The van der Waals surface area contributed by atoms with E-state index in [2.05, 4.69) is 10.3 Å². The number of aromatic nitrogens is 2. The molecule has 0 bridgehead atoms. The summed E-state index contributed by atoms with van der Waals surface area (Å²) in [7, 11) is -2.02. The van der Waals surface area contributed by atoms with Crippen molar-refractivity contribution in [1.29, 1.82) is 0 Å². The molecule has 29 heavy (non-hydrogen) atoms. The van der Waals surface area contributed by atoms with E-state index in [4.69, 9.17) is 0 Å². The lowest BCUT2D eigenvalue weighted by molar-refractivity contribution is -0.120. The number of hydrogen-bond acceptors (Lipinski definition) is 6. The van der Waals surface area contributed by atoms with Gasteiger partial charge < -0.3 is 9.88 Å². The summed E-state index contributed by atoms with van der Waals surface area (Å²) in [6.07, 6.45) is 2.49. The molecular formula is C19H20N4O4S2. The van der Waals surface area contributed by atoms with Crippen molar-refractivity contribution in [3.8, 4) is 0 Å². The summed E-state index contributed by atoms with van der Waals surface area (Å²) in [6.45, 7) is 0.539. The van der Waals surface area contributed by atoms with Gasteiger partial charge in [-0.2, -0.15) is 4.31 Å². The zero-order valence-electron chi connectivity index (χ0n) is 15.7. The Hall–Kier alpha value is -2.56. The first-order valence-corrected chi connectivity index (χ1v) is 11.4. The maximum absolute atomic E-state index is 13.0. The lowest BCUT2D eigenvalue weighted by Gasteiger charge is -2.30. The van der Waals surface area contributed by atoms with E-state index >= 15 is 0 Å². The molecular weight excluding hydrogens is 412 g/mol. The average molecular weight is 433 g/mol. The molecule has 152 valence electrons. The number of piperidine rings is 1. The number of rotatable bonds is 4. The van der Waals surface area contributed by atoms with Gasteiger partial charge in [0, 0.05) is 32.3 Å². The first-order chi connectivity index (χ1) is 13.9. The van der Waals surface area contributed by atoms with Crippen molar-refractivity contribution in [1.82, 2.24) is 13.9 Å². The molecule has 1 aliphatic rings. The summed E-state index contributed by atoms with van der Waals surface area (Å²) in [5.74, 6) is 0.0873. The van der Waals surface area contributed by atoms with Crippen molar-refractivity contribution in [3.05, 3.63) is 52.3 Å². The number of carbonyl (C=O) groups excluding carboxylic acids is 1. The van der Waals surface area contributed by atoms with Crippen molar-refractivity contribution in [2.24, 2.45) is 13.0 Å². The highest BCUT2D eigenvalue weighted by Crippen LogP contribution is 2.27. The third-order valence-corrected chi connectivity index (χ3v) is 8.03. The third-order valence-electron chi connectivity index (χ3n) is 5.14. The fraction of sp³-hybridized carbons (Fsp3) is 0.316. The molecule has 0 aliphatic carbocycles. The number of hydrogen-bond donors (Lipinski definition) is 1. The Bertz CT molecular complexity index is 1210. The minimum absolute atomic E-state index is 0.130. The molecule has 1 aromatic carbocycles. The number of sulfonamides is 1. The van der Waals surface area contributed by atoms with Gasteiger partial charge in [0.05, 0.1) is 15.1 Å². The minimum Gasteiger partial charge on any atom is -0.310 e. The number of aryl methyl sites for hydroxylation is 1. The van der Waals surface area contributed by atoms with E-state index in [1.54, 1.807) is 43.6 Å². The van der Waals surface area contributed by atoms with Gasteiger partial charge in [-0.15, -0.1) is 0 Å². The van der Waals surface area contributed by atoms with Crippen LogP contribution in [-0.4, -0.2) is 41.3 Å². The molecule has 4 rings (SSSR count). The second kappa shape index (κ2) is 7.69. The molecule has 10 heteroatoms. The normalized spacial score (nSPS) is 16.2. The lowest BCUT2D eigenvalue weighted by Crippen LogP contribution is -2.41. The number of amides is 1. The molecule has 1 fully saturated rings. The van der Waals surface area contributed by atoms with Gasteiger partial charge in [0.2, 0.25) is 15.9 Å². The van der Waals surface area contributed by atoms with Gasteiger partial charge in [0.25, 0.3) is 0 Å². The van der Waals surface area contributed by atoms with Gasteiger partial charge >= 0.3 is 4.87 Å². The van der Waals surface area contributed by atoms with Crippen LogP contribution in [0.1, 0.15) is 12.8 Å². The molecule has 1 N–H and O–H groups in total. The fourth-order valence-electron chi connectivity index (χ4n) is 3.45. The summed E-state index contributed by atoms with van der Waals surface area (Å²) in [5.41, 5.74) is 0.712. The van der Waals surface area contributed by atoms with Crippen molar-refractivity contribution in [2.45, 2.75) is 17.7 Å². The largest absolute Gasteiger partial charge is 0.310 e. The number of nitrogens with zero attached hydrogens (tertiary/aromatic N) is 3. The maximum atomic E-state index is 13.0. The standard InChI is InChI=1S/C19H20N4O4S2/c1-22-15-6-5-14(12-16(15)28-19(22)25)29(26,27)23-10-7-13(8-11-23)18(24)21-17-4-2-3-9-20-17/h2-6,9,12-13H,7-8,10-11H2,1H3,(H,20,21,24). The monoisotopic (exact) mass is 432 g/mol. The molecule has 1 amide bonds. The Morgan fingerprint density at radius 1 is 1.21 bits per heavy atom. The molecule has 1 saturated heterocycles. The van der Waals surface area contributed by atoms with E-state index in [9.17, 15) is 18.0 Å². The quantitative estimate of drug-likeness (QED) is 0.680. The number of pyridine rings is 1. The highest BCUT2D eigenvalue weighted by molar-refractivity contribution is 7.89. The molecule has 0 saturated carbocycles. The number of benzene rings is 1. The Morgan fingerprint density at radius 2 is 1.97 bits per heavy atom. The molecule has 3 heterocycles. The Balaban J connectivity index is 1.46. The summed E-state index contributed by atoms with van der Waals surface area (Å²) >= 11 is 1.03. The van der Waals surface area contributed by atoms with Gasteiger partial charge in [-0.25, -0.2) is 13.4 Å². The van der Waals surface area contributed by atoms with Gasteiger partial charge in [-0.3, -0.25) is 9.59 Å². The van der Waals surface area contributed by atoms with Crippen LogP contribution in [0.3, 0.4) is 0 Å². The minimum atomic E-state index is -3.68. The van der Waals surface area contributed by atoms with Crippen LogP contribution in [0.15, 0.2) is 52.3 Å². The van der Waals surface area contributed by atoms with E-state index in [0.29, 0.717) is 28.9 Å².